The maximum atomic E-state index is 12.3. The first-order valence-corrected chi connectivity index (χ1v) is 7.59. The lowest BCUT2D eigenvalue weighted by Crippen LogP contribution is -2.26. The van der Waals surface area contributed by atoms with Gasteiger partial charge in [0, 0.05) is 25.9 Å². The zero-order chi connectivity index (χ0) is 17.1. The second-order valence-electron chi connectivity index (χ2n) is 5.70. The Labute approximate surface area is 139 Å². The zero-order valence-electron chi connectivity index (χ0n) is 13.9. The first-order chi connectivity index (χ1) is 11.5. The van der Waals surface area contributed by atoms with Gasteiger partial charge in [0.25, 0.3) is 5.91 Å². The Bertz CT molecular complexity index is 837. The minimum Gasteiger partial charge on any atom is -0.334 e. The summed E-state index contributed by atoms with van der Waals surface area (Å²) < 4.78 is 1.76. The van der Waals surface area contributed by atoms with Crippen LogP contribution in [0.15, 0.2) is 36.5 Å². The Morgan fingerprint density at radius 1 is 1.21 bits per heavy atom. The second-order valence-corrected chi connectivity index (χ2v) is 5.70. The van der Waals surface area contributed by atoms with Crippen LogP contribution in [0.4, 0.5) is 0 Å². The molecule has 24 heavy (non-hydrogen) atoms. The van der Waals surface area contributed by atoms with Crippen LogP contribution < -0.4 is 0 Å². The molecular formula is C16H19N7O. The van der Waals surface area contributed by atoms with E-state index in [0.29, 0.717) is 24.5 Å². The second kappa shape index (κ2) is 6.61. The summed E-state index contributed by atoms with van der Waals surface area (Å²) in [5.41, 5.74) is 2.61. The Balaban J connectivity index is 1.65. The van der Waals surface area contributed by atoms with Gasteiger partial charge < -0.3 is 4.90 Å². The predicted molar refractivity (Wildman–Crippen MR) is 87.1 cm³/mol. The number of carbonyl (C=O) groups excluding carboxylic acids is 1. The molecule has 3 rings (SSSR count). The van der Waals surface area contributed by atoms with E-state index in [-0.39, 0.29) is 5.91 Å². The van der Waals surface area contributed by atoms with Crippen molar-refractivity contribution in [3.63, 3.8) is 0 Å². The monoisotopic (exact) mass is 325 g/mol. The van der Waals surface area contributed by atoms with Crippen LogP contribution >= 0.6 is 0 Å². The number of rotatable bonds is 5. The first-order valence-electron chi connectivity index (χ1n) is 7.59. The van der Waals surface area contributed by atoms with Gasteiger partial charge in [0.15, 0.2) is 5.82 Å². The van der Waals surface area contributed by atoms with Crippen LogP contribution in [0, 0.1) is 6.92 Å². The molecule has 0 bridgehead atoms. The smallest absolute Gasteiger partial charge is 0.254 e. The molecular weight excluding hydrogens is 306 g/mol. The van der Waals surface area contributed by atoms with Gasteiger partial charge in [-0.05, 0) is 29.8 Å². The molecule has 0 N–H and O–H groups in total. The van der Waals surface area contributed by atoms with E-state index in [2.05, 4.69) is 20.5 Å². The van der Waals surface area contributed by atoms with Crippen LogP contribution in [0.25, 0.3) is 0 Å². The van der Waals surface area contributed by atoms with Gasteiger partial charge in [-0.3, -0.25) is 9.48 Å². The van der Waals surface area contributed by atoms with Crippen molar-refractivity contribution in [2.24, 2.45) is 7.05 Å². The Kier molecular flexibility index (Phi) is 4.37. The molecule has 0 fully saturated rings. The van der Waals surface area contributed by atoms with Crippen molar-refractivity contribution in [3.05, 3.63) is 59.2 Å². The van der Waals surface area contributed by atoms with Gasteiger partial charge in [0.1, 0.15) is 6.54 Å². The quantitative estimate of drug-likeness (QED) is 0.700. The van der Waals surface area contributed by atoms with Crippen molar-refractivity contribution in [3.8, 4) is 0 Å². The highest BCUT2D eigenvalue weighted by Gasteiger charge is 2.15. The molecule has 0 aliphatic carbocycles. The molecule has 2 heterocycles. The normalized spacial score (nSPS) is 10.8. The average Bonchev–Trinajstić information content (AvgIpc) is 3.14. The third-order valence-corrected chi connectivity index (χ3v) is 3.65. The zero-order valence-corrected chi connectivity index (χ0v) is 13.9. The van der Waals surface area contributed by atoms with E-state index in [4.69, 9.17) is 0 Å². The molecule has 1 aromatic carbocycles. The number of aryl methyl sites for hydroxylation is 2. The van der Waals surface area contributed by atoms with Gasteiger partial charge in [-0.25, -0.2) is 0 Å². The Morgan fingerprint density at radius 3 is 2.62 bits per heavy atom. The molecule has 0 aliphatic heterocycles. The highest BCUT2D eigenvalue weighted by Crippen LogP contribution is 2.07. The number of tetrazole rings is 1. The molecule has 0 atom stereocenters. The summed E-state index contributed by atoms with van der Waals surface area (Å²) in [6.07, 6.45) is 1.94. The molecule has 0 saturated heterocycles. The van der Waals surface area contributed by atoms with E-state index >= 15 is 0 Å². The Hall–Kier alpha value is -3.03. The Morgan fingerprint density at radius 2 is 1.96 bits per heavy atom. The van der Waals surface area contributed by atoms with Gasteiger partial charge in [0.05, 0.1) is 12.2 Å². The fourth-order valence-electron chi connectivity index (χ4n) is 2.43. The van der Waals surface area contributed by atoms with Crippen molar-refractivity contribution < 1.29 is 4.79 Å². The highest BCUT2D eigenvalue weighted by molar-refractivity contribution is 5.93. The molecule has 3 aromatic rings. The van der Waals surface area contributed by atoms with Crippen molar-refractivity contribution in [1.82, 2.24) is 34.9 Å². The summed E-state index contributed by atoms with van der Waals surface area (Å²) in [6.45, 7) is 2.75. The minimum atomic E-state index is -0.0764. The molecule has 2 aromatic heterocycles. The standard InChI is InChI=1S/C16H19N7O/c1-12-9-22(3)18-14(12)10-23-19-15(17-20-23)11-21(2)16(24)13-7-5-4-6-8-13/h4-9H,10-11H2,1-3H3. The number of hydrogen-bond donors (Lipinski definition) is 0. The van der Waals surface area contributed by atoms with E-state index < -0.39 is 0 Å². The van der Waals surface area contributed by atoms with Gasteiger partial charge >= 0.3 is 0 Å². The minimum absolute atomic E-state index is 0.0764. The number of benzene rings is 1. The van der Waals surface area contributed by atoms with Gasteiger partial charge in [-0.2, -0.15) is 9.90 Å². The summed E-state index contributed by atoms with van der Waals surface area (Å²) in [6, 6.07) is 9.12. The van der Waals surface area contributed by atoms with E-state index in [1.54, 1.807) is 28.8 Å². The third kappa shape index (κ3) is 3.48. The number of hydrogen-bond acceptors (Lipinski definition) is 5. The van der Waals surface area contributed by atoms with E-state index in [1.807, 2.05) is 38.4 Å². The molecule has 124 valence electrons. The molecule has 1 amide bonds. The number of aromatic nitrogens is 6. The van der Waals surface area contributed by atoms with Crippen LogP contribution in [0.1, 0.15) is 27.4 Å². The van der Waals surface area contributed by atoms with Crippen molar-refractivity contribution >= 4 is 5.91 Å². The predicted octanol–water partition coefficient (Wildman–Crippen LogP) is 1.04. The van der Waals surface area contributed by atoms with Crippen molar-refractivity contribution in [2.45, 2.75) is 20.0 Å². The highest BCUT2D eigenvalue weighted by atomic mass is 16.2. The molecule has 8 heteroatoms. The number of carbonyl (C=O) groups is 1. The van der Waals surface area contributed by atoms with Gasteiger partial charge in [-0.15, -0.1) is 10.2 Å². The van der Waals surface area contributed by atoms with Crippen molar-refractivity contribution in [1.29, 1.82) is 0 Å². The lowest BCUT2D eigenvalue weighted by molar-refractivity contribution is 0.0781. The lowest BCUT2D eigenvalue weighted by Gasteiger charge is -2.14. The third-order valence-electron chi connectivity index (χ3n) is 3.65. The van der Waals surface area contributed by atoms with Gasteiger partial charge in [0.2, 0.25) is 0 Å². The van der Waals surface area contributed by atoms with Crippen LogP contribution in [0.2, 0.25) is 0 Å². The summed E-state index contributed by atoms with van der Waals surface area (Å²) in [4.78, 5) is 15.4. The van der Waals surface area contributed by atoms with E-state index in [1.165, 1.54) is 4.80 Å². The summed E-state index contributed by atoms with van der Waals surface area (Å²) in [7, 11) is 3.60. The number of amides is 1. The summed E-state index contributed by atoms with van der Waals surface area (Å²) in [5.74, 6) is 0.419. The molecule has 0 radical (unpaired) electrons. The largest absolute Gasteiger partial charge is 0.334 e. The molecule has 0 unspecified atom stereocenters. The average molecular weight is 325 g/mol. The summed E-state index contributed by atoms with van der Waals surface area (Å²) in [5, 5.41) is 16.7. The molecule has 0 aliphatic rings. The lowest BCUT2D eigenvalue weighted by atomic mass is 10.2. The topological polar surface area (TPSA) is 81.7 Å². The van der Waals surface area contributed by atoms with E-state index in [0.717, 1.165) is 11.3 Å². The fourth-order valence-corrected chi connectivity index (χ4v) is 2.43. The summed E-state index contributed by atoms with van der Waals surface area (Å²) >= 11 is 0. The van der Waals surface area contributed by atoms with Crippen molar-refractivity contribution in [2.75, 3.05) is 7.05 Å². The van der Waals surface area contributed by atoms with Crippen LogP contribution in [0.5, 0.6) is 0 Å². The first kappa shape index (κ1) is 15.9. The molecule has 0 spiro atoms. The maximum absolute atomic E-state index is 12.3. The fraction of sp³-hybridized carbons (Fsp3) is 0.312. The molecule has 0 saturated carbocycles. The van der Waals surface area contributed by atoms with Crippen LogP contribution in [-0.4, -0.2) is 47.8 Å². The van der Waals surface area contributed by atoms with E-state index in [9.17, 15) is 4.79 Å². The SMILES string of the molecule is Cc1cn(C)nc1Cn1nnc(CN(C)C(=O)c2ccccc2)n1. The van der Waals surface area contributed by atoms with Gasteiger partial charge in [-0.1, -0.05) is 18.2 Å². The maximum Gasteiger partial charge on any atom is 0.254 e. The van der Waals surface area contributed by atoms with Crippen LogP contribution in [0.3, 0.4) is 0 Å². The molecule has 8 nitrogen and oxygen atoms in total. The number of nitrogens with zero attached hydrogens (tertiary/aromatic N) is 7. The van der Waals surface area contributed by atoms with Crippen LogP contribution in [-0.2, 0) is 20.1 Å².